The number of piperidine rings is 1. The summed E-state index contributed by atoms with van der Waals surface area (Å²) in [5.41, 5.74) is 1.01. The van der Waals surface area contributed by atoms with Crippen LogP contribution in [0.5, 0.6) is 0 Å². The minimum Gasteiger partial charge on any atom is -0.317 e. The summed E-state index contributed by atoms with van der Waals surface area (Å²) in [6, 6.07) is 8.07. The number of hydrogen-bond donors (Lipinski definition) is 1. The molecule has 0 unspecified atom stereocenters. The molecule has 1 aromatic heterocycles. The van der Waals surface area contributed by atoms with Crippen LogP contribution in [0.15, 0.2) is 24.3 Å². The topological polar surface area (TPSA) is 42.0 Å². The third-order valence-corrected chi connectivity index (χ3v) is 4.70. The SMILES string of the molecule is O=C(Cc1nc2ccccc2s1)CC1CCNCC1. The molecule has 1 saturated heterocycles. The third-order valence-electron chi connectivity index (χ3n) is 3.66. The standard InChI is InChI=1S/C15H18N2OS/c18-12(9-11-5-7-16-8-6-11)10-15-17-13-3-1-2-4-14(13)19-15/h1-4,11,16H,5-10H2. The van der Waals surface area contributed by atoms with Gasteiger partial charge < -0.3 is 5.32 Å². The monoisotopic (exact) mass is 274 g/mol. The summed E-state index contributed by atoms with van der Waals surface area (Å²) < 4.78 is 1.17. The second-order valence-corrected chi connectivity index (χ2v) is 6.30. The van der Waals surface area contributed by atoms with E-state index < -0.39 is 0 Å². The molecule has 0 aliphatic carbocycles. The van der Waals surface area contributed by atoms with Crippen molar-refractivity contribution in [2.75, 3.05) is 13.1 Å². The predicted octanol–water partition coefficient (Wildman–Crippen LogP) is 2.80. The van der Waals surface area contributed by atoms with Gasteiger partial charge in [0, 0.05) is 6.42 Å². The van der Waals surface area contributed by atoms with E-state index >= 15 is 0 Å². The van der Waals surface area contributed by atoms with Crippen LogP contribution < -0.4 is 5.32 Å². The second-order valence-electron chi connectivity index (χ2n) is 5.19. The number of rotatable bonds is 4. The van der Waals surface area contributed by atoms with Gasteiger partial charge in [0.1, 0.15) is 10.8 Å². The summed E-state index contributed by atoms with van der Waals surface area (Å²) in [6.07, 6.45) is 3.48. The van der Waals surface area contributed by atoms with Crippen molar-refractivity contribution in [2.45, 2.75) is 25.7 Å². The lowest BCUT2D eigenvalue weighted by Crippen LogP contribution is -2.29. The van der Waals surface area contributed by atoms with Crippen molar-refractivity contribution < 1.29 is 4.79 Å². The largest absolute Gasteiger partial charge is 0.317 e. The van der Waals surface area contributed by atoms with Crippen molar-refractivity contribution in [3.8, 4) is 0 Å². The van der Waals surface area contributed by atoms with Gasteiger partial charge in [-0.1, -0.05) is 12.1 Å². The van der Waals surface area contributed by atoms with Gasteiger partial charge in [0.25, 0.3) is 0 Å². The molecule has 0 bridgehead atoms. The van der Waals surface area contributed by atoms with Crippen LogP contribution in [0.25, 0.3) is 10.2 Å². The number of Topliss-reactive ketones (excluding diaryl/α,β-unsaturated/α-hetero) is 1. The van der Waals surface area contributed by atoms with Gasteiger partial charge >= 0.3 is 0 Å². The highest BCUT2D eigenvalue weighted by molar-refractivity contribution is 7.18. The third kappa shape index (κ3) is 3.19. The molecule has 2 aromatic rings. The van der Waals surface area contributed by atoms with Crippen LogP contribution >= 0.6 is 11.3 Å². The average molecular weight is 274 g/mol. The molecule has 3 nitrogen and oxygen atoms in total. The lowest BCUT2D eigenvalue weighted by molar-refractivity contribution is -0.119. The fourth-order valence-corrected chi connectivity index (χ4v) is 3.64. The number of carbonyl (C=O) groups is 1. The minimum absolute atomic E-state index is 0.339. The fourth-order valence-electron chi connectivity index (χ4n) is 2.64. The van der Waals surface area contributed by atoms with Gasteiger partial charge in [-0.05, 0) is 44.0 Å². The summed E-state index contributed by atoms with van der Waals surface area (Å²) in [6.45, 7) is 2.11. The van der Waals surface area contributed by atoms with E-state index in [0.717, 1.165) is 42.9 Å². The highest BCUT2D eigenvalue weighted by Crippen LogP contribution is 2.23. The van der Waals surface area contributed by atoms with E-state index in [1.165, 1.54) is 4.70 Å². The lowest BCUT2D eigenvalue weighted by atomic mass is 9.92. The van der Waals surface area contributed by atoms with Crippen LogP contribution in [-0.2, 0) is 11.2 Å². The Labute approximate surface area is 117 Å². The maximum Gasteiger partial charge on any atom is 0.139 e. The van der Waals surface area contributed by atoms with Crippen molar-refractivity contribution >= 4 is 27.3 Å². The van der Waals surface area contributed by atoms with E-state index in [-0.39, 0.29) is 0 Å². The van der Waals surface area contributed by atoms with Crippen LogP contribution in [0.1, 0.15) is 24.3 Å². The fraction of sp³-hybridized carbons (Fsp3) is 0.467. The summed E-state index contributed by atoms with van der Waals surface area (Å²) in [4.78, 5) is 16.6. The number of thiazole rings is 1. The first-order valence-electron chi connectivity index (χ1n) is 6.88. The molecular weight excluding hydrogens is 256 g/mol. The molecule has 0 radical (unpaired) electrons. The van der Waals surface area contributed by atoms with E-state index in [0.29, 0.717) is 18.1 Å². The number of hydrogen-bond acceptors (Lipinski definition) is 4. The zero-order valence-electron chi connectivity index (χ0n) is 10.9. The Kier molecular flexibility index (Phi) is 3.89. The van der Waals surface area contributed by atoms with Gasteiger partial charge in [-0.2, -0.15) is 0 Å². The highest BCUT2D eigenvalue weighted by atomic mass is 32.1. The maximum absolute atomic E-state index is 12.1. The van der Waals surface area contributed by atoms with Crippen molar-refractivity contribution in [1.29, 1.82) is 0 Å². The molecule has 3 rings (SSSR count). The Morgan fingerprint density at radius 2 is 2.11 bits per heavy atom. The molecule has 19 heavy (non-hydrogen) atoms. The Morgan fingerprint density at radius 1 is 1.32 bits per heavy atom. The zero-order chi connectivity index (χ0) is 13.1. The molecule has 1 aliphatic rings. The first kappa shape index (κ1) is 12.8. The molecule has 0 amide bonds. The number of aromatic nitrogens is 1. The summed E-state index contributed by atoms with van der Waals surface area (Å²) in [5, 5.41) is 4.29. The summed E-state index contributed by atoms with van der Waals surface area (Å²) in [5.74, 6) is 0.911. The van der Waals surface area contributed by atoms with Gasteiger partial charge in [-0.15, -0.1) is 11.3 Å². The molecule has 0 atom stereocenters. The molecule has 0 saturated carbocycles. The molecule has 1 fully saturated rings. The number of fused-ring (bicyclic) bond motifs is 1. The number of nitrogens with zero attached hydrogens (tertiary/aromatic N) is 1. The molecule has 0 spiro atoms. The smallest absolute Gasteiger partial charge is 0.139 e. The van der Waals surface area contributed by atoms with E-state index in [1.54, 1.807) is 11.3 Å². The number of ketones is 1. The Hall–Kier alpha value is -1.26. The average Bonchev–Trinajstić information content (AvgIpc) is 2.81. The maximum atomic E-state index is 12.1. The Morgan fingerprint density at radius 3 is 2.89 bits per heavy atom. The Balaban J connectivity index is 1.62. The van der Waals surface area contributed by atoms with Crippen LogP contribution in [0, 0.1) is 5.92 Å². The van der Waals surface area contributed by atoms with Crippen molar-refractivity contribution in [2.24, 2.45) is 5.92 Å². The summed E-state index contributed by atoms with van der Waals surface area (Å²) in [7, 11) is 0. The van der Waals surface area contributed by atoms with Crippen LogP contribution in [0.2, 0.25) is 0 Å². The first-order valence-corrected chi connectivity index (χ1v) is 7.70. The first-order chi connectivity index (χ1) is 9.31. The number of benzene rings is 1. The molecule has 4 heteroatoms. The second kappa shape index (κ2) is 5.80. The van der Waals surface area contributed by atoms with E-state index in [2.05, 4.69) is 16.4 Å². The molecular formula is C15H18N2OS. The van der Waals surface area contributed by atoms with Crippen LogP contribution in [0.3, 0.4) is 0 Å². The number of para-hydroxylation sites is 1. The van der Waals surface area contributed by atoms with E-state index in [4.69, 9.17) is 0 Å². The summed E-state index contributed by atoms with van der Waals surface area (Å²) >= 11 is 1.64. The van der Waals surface area contributed by atoms with Crippen molar-refractivity contribution in [3.05, 3.63) is 29.3 Å². The molecule has 2 heterocycles. The predicted molar refractivity (Wildman–Crippen MR) is 78.5 cm³/mol. The highest BCUT2D eigenvalue weighted by Gasteiger charge is 2.17. The normalized spacial score (nSPS) is 16.8. The number of carbonyl (C=O) groups excluding carboxylic acids is 1. The van der Waals surface area contributed by atoms with Crippen molar-refractivity contribution in [1.82, 2.24) is 10.3 Å². The molecule has 1 N–H and O–H groups in total. The van der Waals surface area contributed by atoms with Crippen LogP contribution in [-0.4, -0.2) is 23.9 Å². The van der Waals surface area contributed by atoms with Crippen molar-refractivity contribution in [3.63, 3.8) is 0 Å². The quantitative estimate of drug-likeness (QED) is 0.932. The van der Waals surface area contributed by atoms with E-state index in [9.17, 15) is 4.79 Å². The number of nitrogens with one attached hydrogen (secondary N) is 1. The van der Waals surface area contributed by atoms with Gasteiger partial charge in [-0.3, -0.25) is 4.79 Å². The van der Waals surface area contributed by atoms with Gasteiger partial charge in [-0.25, -0.2) is 4.98 Å². The molecule has 1 aliphatic heterocycles. The van der Waals surface area contributed by atoms with Crippen LogP contribution in [0.4, 0.5) is 0 Å². The van der Waals surface area contributed by atoms with E-state index in [1.807, 2.05) is 18.2 Å². The lowest BCUT2D eigenvalue weighted by Gasteiger charge is -2.21. The molecule has 1 aromatic carbocycles. The zero-order valence-corrected chi connectivity index (χ0v) is 11.7. The molecule has 100 valence electrons. The van der Waals surface area contributed by atoms with Gasteiger partial charge in [0.05, 0.1) is 16.6 Å². The van der Waals surface area contributed by atoms with Gasteiger partial charge in [0.2, 0.25) is 0 Å². The van der Waals surface area contributed by atoms with Gasteiger partial charge in [0.15, 0.2) is 0 Å². The Bertz CT molecular complexity index is 539. The minimum atomic E-state index is 0.339.